The number of carbonyl (C=O) groups is 2. The molecule has 2 N–H and O–H groups in total. The zero-order valence-electron chi connectivity index (χ0n) is 25.5. The van der Waals surface area contributed by atoms with Crippen molar-refractivity contribution in [2.75, 3.05) is 45.9 Å². The van der Waals surface area contributed by atoms with Gasteiger partial charge in [-0.3, -0.25) is 9.59 Å². The molecule has 0 spiro atoms. The Bertz CT molecular complexity index is 1620. The van der Waals surface area contributed by atoms with Crippen LogP contribution in [0.4, 0.5) is 11.4 Å². The van der Waals surface area contributed by atoms with Gasteiger partial charge in [0, 0.05) is 28.1 Å². The Hall–Kier alpha value is -4.20. The molecule has 6 nitrogen and oxygen atoms in total. The summed E-state index contributed by atoms with van der Waals surface area (Å²) in [5.74, 6) is -0.239. The molecule has 0 aromatic heterocycles. The Morgan fingerprint density at radius 3 is 1.55 bits per heavy atom. The number of quaternary nitrogens is 2. The van der Waals surface area contributed by atoms with E-state index >= 15 is 0 Å². The van der Waals surface area contributed by atoms with Crippen molar-refractivity contribution in [3.63, 3.8) is 0 Å². The van der Waals surface area contributed by atoms with Crippen molar-refractivity contribution in [2.45, 2.75) is 26.3 Å². The van der Waals surface area contributed by atoms with E-state index in [1.807, 2.05) is 66.7 Å². The molecule has 2 amide bonds. The topological polar surface area (TPSA) is 58.2 Å². The quantitative estimate of drug-likeness (QED) is 0.213. The summed E-state index contributed by atoms with van der Waals surface area (Å²) < 4.78 is 1.51. The fourth-order valence-electron chi connectivity index (χ4n) is 5.88. The summed E-state index contributed by atoms with van der Waals surface area (Å²) in [5, 5.41) is 6.10. The van der Waals surface area contributed by atoms with Crippen LogP contribution in [0.15, 0.2) is 84.9 Å². The smallest absolute Gasteiger partial charge is 0.337 e. The van der Waals surface area contributed by atoms with Gasteiger partial charge in [-0.05, 0) is 89.2 Å². The molecule has 42 heavy (non-hydrogen) atoms. The summed E-state index contributed by atoms with van der Waals surface area (Å²) in [6, 6.07) is 27.7. The van der Waals surface area contributed by atoms with Crippen molar-refractivity contribution in [3.8, 4) is 11.1 Å². The predicted octanol–water partition coefficient (Wildman–Crippen LogP) is 6.14. The van der Waals surface area contributed by atoms with Crippen LogP contribution in [0.2, 0.25) is 0 Å². The lowest BCUT2D eigenvalue weighted by molar-refractivity contribution is -0.888. The lowest BCUT2D eigenvalue weighted by Crippen LogP contribution is -2.56. The summed E-state index contributed by atoms with van der Waals surface area (Å²) in [4.78, 5) is 25.8. The first-order valence-corrected chi connectivity index (χ1v) is 14.5. The van der Waals surface area contributed by atoms with Crippen LogP contribution in [0, 0.1) is 0 Å². The van der Waals surface area contributed by atoms with Gasteiger partial charge in [0.25, 0.3) is 11.8 Å². The third-order valence-corrected chi connectivity index (χ3v) is 7.49. The highest BCUT2D eigenvalue weighted by Gasteiger charge is 2.36. The van der Waals surface area contributed by atoms with E-state index in [0.717, 1.165) is 61.8 Å². The number of benzene rings is 4. The monoisotopic (exact) mass is 559 g/mol. The third-order valence-electron chi connectivity index (χ3n) is 7.49. The maximum Gasteiger partial charge on any atom is 0.791 e. The third kappa shape index (κ3) is 6.98. The van der Waals surface area contributed by atoms with Crippen molar-refractivity contribution in [1.82, 2.24) is 0 Å². The molecule has 0 atom stereocenters. The van der Waals surface area contributed by atoms with Crippen LogP contribution < -0.4 is 10.6 Å². The summed E-state index contributed by atoms with van der Waals surface area (Å²) in [6.45, 7) is 2.95. The molecule has 4 aromatic carbocycles. The first kappa shape index (κ1) is 29.3. The molecule has 0 heterocycles. The normalized spacial score (nSPS) is 12.3. The van der Waals surface area contributed by atoms with Gasteiger partial charge in [-0.25, -0.2) is 0 Å². The molecule has 0 aliphatic heterocycles. The molecule has 1 radical (unpaired) electrons. The number of hydrogen-bond donors (Lipinski definition) is 2. The van der Waals surface area contributed by atoms with E-state index in [0.29, 0.717) is 11.1 Å². The summed E-state index contributed by atoms with van der Waals surface area (Å²) in [7, 11) is 13.1. The molecule has 4 aromatic rings. The maximum atomic E-state index is 13.1. The number of hydrogen-bond acceptors (Lipinski definition) is 2. The Morgan fingerprint density at radius 1 is 0.667 bits per heavy atom. The predicted molar refractivity (Wildman–Crippen MR) is 172 cm³/mol. The van der Waals surface area contributed by atoms with E-state index < -0.39 is 0 Å². The summed E-state index contributed by atoms with van der Waals surface area (Å²) >= 11 is 0. The van der Waals surface area contributed by atoms with Crippen LogP contribution in [0.1, 0.15) is 49.9 Å². The van der Waals surface area contributed by atoms with Crippen LogP contribution in [0.3, 0.4) is 0 Å². The lowest BCUT2D eigenvalue weighted by atomic mass is 9.97. The Kier molecular flexibility index (Phi) is 8.09. The van der Waals surface area contributed by atoms with Gasteiger partial charge in [0.1, 0.15) is 0 Å². The van der Waals surface area contributed by atoms with Gasteiger partial charge in [-0.2, -0.15) is 0 Å². The van der Waals surface area contributed by atoms with Crippen LogP contribution in [-0.2, 0) is 19.4 Å². The van der Waals surface area contributed by atoms with Crippen LogP contribution >= 0.6 is 0 Å². The van der Waals surface area contributed by atoms with Crippen LogP contribution in [-0.4, -0.2) is 63.4 Å². The molecular weight excluding hydrogens is 519 g/mol. The van der Waals surface area contributed by atoms with E-state index in [9.17, 15) is 9.59 Å². The van der Waals surface area contributed by atoms with Crippen molar-refractivity contribution in [3.05, 3.63) is 118 Å². The highest BCUT2D eigenvalue weighted by Crippen LogP contribution is 2.39. The van der Waals surface area contributed by atoms with Gasteiger partial charge in [0.2, 0.25) is 0 Å². The number of nitrogens with zero attached hydrogens (tertiary/aromatic N) is 2. The van der Waals surface area contributed by atoms with E-state index in [1.165, 1.54) is 11.1 Å². The zero-order valence-corrected chi connectivity index (χ0v) is 25.5. The number of carbonyl (C=O) groups excluding carboxylic acids is 2. The minimum Gasteiger partial charge on any atom is -0.337 e. The number of rotatable bonds is 9. The minimum absolute atomic E-state index is 0.114. The van der Waals surface area contributed by atoms with E-state index in [2.05, 4.69) is 78.5 Å². The van der Waals surface area contributed by atoms with Crippen LogP contribution in [0.5, 0.6) is 0 Å². The average molecular weight is 560 g/mol. The number of nitrogens with one attached hydrogen (secondary N) is 2. The van der Waals surface area contributed by atoms with E-state index in [4.69, 9.17) is 0 Å². The first-order valence-electron chi connectivity index (χ1n) is 14.5. The fourth-order valence-corrected chi connectivity index (χ4v) is 5.88. The highest BCUT2D eigenvalue weighted by molar-refractivity contribution is 6.16. The maximum absolute atomic E-state index is 13.1. The Balaban J connectivity index is 1.22. The van der Waals surface area contributed by atoms with Crippen molar-refractivity contribution >= 4 is 30.7 Å². The van der Waals surface area contributed by atoms with Gasteiger partial charge in [-0.1, -0.05) is 43.3 Å². The molecule has 5 rings (SSSR count). The molecule has 1 aliphatic carbocycles. The average Bonchev–Trinajstić information content (AvgIpc) is 3.28. The fraction of sp³-hybridized carbons (Fsp3) is 0.257. The number of anilines is 2. The second-order valence-corrected chi connectivity index (χ2v) is 12.7. The van der Waals surface area contributed by atoms with Gasteiger partial charge in [-0.15, -0.1) is 0 Å². The molecular formula is C35H40BN4O2+2. The highest BCUT2D eigenvalue weighted by atomic mass is 16.2. The standard InChI is InChI=1S/C35H40BN4O2/c1-7-24-8-12-26(13-9-24)34(41)37-30-16-18-32-28(21-30)20-29-22-31(17-19-33(29)32)38-35(42)27-14-10-25(11-15-27)23-40(5,6)36-39(2,3)4/h8-19,21-22H,7,20,23H2,1-6H3,(H,37,41)(H,38,42)/q+2. The van der Waals surface area contributed by atoms with Crippen molar-refractivity contribution < 1.29 is 18.4 Å². The Morgan fingerprint density at radius 2 is 1.12 bits per heavy atom. The molecule has 7 heteroatoms. The van der Waals surface area contributed by atoms with Crippen LogP contribution in [0.25, 0.3) is 11.1 Å². The van der Waals surface area contributed by atoms with Gasteiger partial charge < -0.3 is 19.4 Å². The SMILES string of the molecule is CCc1ccc(C(=O)Nc2ccc3c(c2)Cc2cc(NC(=O)c4ccc(C[N+](C)(C)[B][N+](C)(C)C)cc4)ccc2-3)cc1. The molecule has 0 fully saturated rings. The van der Waals surface area contributed by atoms with Crippen molar-refractivity contribution in [2.24, 2.45) is 0 Å². The number of fused-ring (bicyclic) bond motifs is 3. The van der Waals surface area contributed by atoms with Gasteiger partial charge >= 0.3 is 7.55 Å². The van der Waals surface area contributed by atoms with Crippen molar-refractivity contribution in [1.29, 1.82) is 0 Å². The molecule has 1 aliphatic rings. The largest absolute Gasteiger partial charge is 0.791 e. The number of aryl methyl sites for hydroxylation is 1. The molecule has 213 valence electrons. The van der Waals surface area contributed by atoms with E-state index in [-0.39, 0.29) is 11.8 Å². The Labute approximate surface area is 250 Å². The minimum atomic E-state index is -0.124. The second-order valence-electron chi connectivity index (χ2n) is 12.7. The lowest BCUT2D eigenvalue weighted by Gasteiger charge is -2.32. The molecule has 0 bridgehead atoms. The molecule has 0 saturated heterocycles. The second kappa shape index (κ2) is 11.6. The molecule has 0 saturated carbocycles. The van der Waals surface area contributed by atoms with E-state index in [1.54, 1.807) is 0 Å². The first-order chi connectivity index (χ1) is 19.9. The number of amides is 2. The summed E-state index contributed by atoms with van der Waals surface area (Å²) in [5.41, 5.74) is 9.86. The van der Waals surface area contributed by atoms with Gasteiger partial charge in [0.15, 0.2) is 0 Å². The summed E-state index contributed by atoms with van der Waals surface area (Å²) in [6.07, 6.45) is 1.69. The van der Waals surface area contributed by atoms with Gasteiger partial charge in [0.05, 0.1) is 41.8 Å². The molecule has 0 unspecified atom stereocenters. The zero-order chi connectivity index (χ0) is 30.1.